The Kier molecular flexibility index (Phi) is 9.07. The molecule has 6 N–H and O–H groups in total. The molecular weight excluding hydrogens is 865 g/mol. The highest BCUT2D eigenvalue weighted by atomic mass is 16.7. The van der Waals surface area contributed by atoms with E-state index in [4.69, 9.17) is 28.9 Å². The van der Waals surface area contributed by atoms with Crippen molar-refractivity contribution in [1.82, 2.24) is 9.97 Å². The number of hydrogen-bond donors (Lipinski definition) is 6. The summed E-state index contributed by atoms with van der Waals surface area (Å²) in [6, 6.07) is 0. The average molecular weight is 941 g/mol. The van der Waals surface area contributed by atoms with Crippen LogP contribution in [0.1, 0.15) is 136 Å². The fourth-order valence-electron chi connectivity index (χ4n) is 19.4. The van der Waals surface area contributed by atoms with Gasteiger partial charge >= 0.3 is 0 Å². The molecule has 8 aliphatic carbocycles. The van der Waals surface area contributed by atoms with Crippen molar-refractivity contribution in [3.05, 3.63) is 46.1 Å². The molecule has 0 radical (unpaired) electrons. The zero-order valence-corrected chi connectivity index (χ0v) is 41.7. The van der Waals surface area contributed by atoms with Crippen LogP contribution in [0.5, 0.6) is 0 Å². The molecule has 0 amide bonds. The molecule has 8 fully saturated rings. The van der Waals surface area contributed by atoms with Crippen molar-refractivity contribution in [2.24, 2.45) is 74.9 Å². The minimum atomic E-state index is -1.52. The number of hydrogen-bond acceptors (Lipinski definition) is 13. The van der Waals surface area contributed by atoms with Crippen LogP contribution in [0.15, 0.2) is 23.3 Å². The third kappa shape index (κ3) is 4.94. The Labute approximate surface area is 400 Å². The highest BCUT2D eigenvalue weighted by Crippen LogP contribution is 2.73. The van der Waals surface area contributed by atoms with E-state index in [0.29, 0.717) is 31.6 Å². The molecule has 372 valence electrons. The molecule has 4 aliphatic heterocycles. The molecule has 0 aromatic carbocycles. The van der Waals surface area contributed by atoms with Gasteiger partial charge in [-0.25, -0.2) is 0 Å². The lowest BCUT2D eigenvalue weighted by Crippen LogP contribution is -2.70. The number of aromatic nitrogens is 2. The van der Waals surface area contributed by atoms with Crippen LogP contribution < -0.4 is 0 Å². The summed E-state index contributed by atoms with van der Waals surface area (Å²) in [4.78, 5) is 26.1. The molecule has 13 nitrogen and oxygen atoms in total. The Hall–Kier alpha value is -2.17. The van der Waals surface area contributed by atoms with Crippen LogP contribution in [-0.2, 0) is 49.4 Å². The van der Waals surface area contributed by atoms with Gasteiger partial charge in [-0.3, -0.25) is 14.8 Å². The molecule has 3 spiro atoms. The zero-order valence-electron chi connectivity index (χ0n) is 41.7. The van der Waals surface area contributed by atoms with Crippen LogP contribution in [0.25, 0.3) is 0 Å². The van der Waals surface area contributed by atoms with Crippen molar-refractivity contribution >= 4 is 5.78 Å². The van der Waals surface area contributed by atoms with Gasteiger partial charge in [0, 0.05) is 47.3 Å². The van der Waals surface area contributed by atoms with Crippen LogP contribution >= 0.6 is 0 Å². The standard InChI is InChI=1S/C55H76N2O11/c1-26-32-14-15-33-34-13-11-30-17-38-40(21-49(30,8)52(34,63)23-42(60)51(32,33)25-65-54(26)45(62)27(2)46(4,5)67-54)57-37-16-29-10-12-31-35(48(29,7)20-39(37)56-38)18-41(59)50(9)36(31)19-44-53(50,64)28(3)55(66-44)43(61)22-47(6,24-58)68-55/h15,19,26-32,34-35,41,43-45,58-59,61-64H,10-14,16-18,20-25H2,1-9H3/t26-,27-,28+,29?,30?,31+,32+,34-,35?,41+,43+,44-,45+,47-,48-,49-,50+,51+,52-,53+,54+,55-/m1/s1. The largest absolute Gasteiger partial charge is 0.393 e. The van der Waals surface area contributed by atoms with E-state index in [1.54, 1.807) is 6.92 Å². The highest BCUT2D eigenvalue weighted by Gasteiger charge is 2.80. The fourth-order valence-corrected chi connectivity index (χ4v) is 19.4. The molecule has 12 aliphatic rings. The lowest BCUT2D eigenvalue weighted by Gasteiger charge is -2.64. The van der Waals surface area contributed by atoms with E-state index in [1.807, 2.05) is 34.6 Å². The molecule has 1 aromatic rings. The molecule has 4 saturated carbocycles. The second-order valence-corrected chi connectivity index (χ2v) is 26.6. The second-order valence-electron chi connectivity index (χ2n) is 26.6. The van der Waals surface area contributed by atoms with E-state index in [1.165, 1.54) is 0 Å². The molecule has 5 heterocycles. The topological polar surface area (TPSA) is 201 Å². The summed E-state index contributed by atoms with van der Waals surface area (Å²) in [6.07, 6.45) is 8.77. The first-order chi connectivity index (χ1) is 31.8. The SMILES string of the molecule is C[C@@H]1[C@H](O)[C@@]2(OC[C@@]34C(=O)C[C@@]5(O)[C@H](CCC6Cc7nc8c(nc7C[C@]65C)CC5CC[C@@H]6C7=C[C@H]9O[C@@]%10(O[C@@](C)(CO)C[C@@H]%10O)[C@@H](C)[C@@]9(O)[C@]7(C)[C@@H](O)CC6[C@]5(C)C8)C3=CC[C@H]4[C@H]2C)OC1(C)C. The van der Waals surface area contributed by atoms with Crippen molar-refractivity contribution < 1.29 is 54.4 Å². The maximum absolute atomic E-state index is 15.0. The summed E-state index contributed by atoms with van der Waals surface area (Å²) >= 11 is 0. The predicted molar refractivity (Wildman–Crippen MR) is 246 cm³/mol. The molecule has 0 bridgehead atoms. The van der Waals surface area contributed by atoms with Gasteiger partial charge in [-0.15, -0.1) is 0 Å². The molecule has 22 atom stereocenters. The van der Waals surface area contributed by atoms with Crippen molar-refractivity contribution in [3.8, 4) is 0 Å². The number of Topliss-reactive ketones (excluding diaryl/α,β-unsaturated/α-hetero) is 1. The summed E-state index contributed by atoms with van der Waals surface area (Å²) in [5.74, 6) is -3.13. The maximum Gasteiger partial charge on any atom is 0.201 e. The molecule has 3 unspecified atom stereocenters. The zero-order chi connectivity index (χ0) is 48.1. The Morgan fingerprint density at radius 3 is 2.13 bits per heavy atom. The van der Waals surface area contributed by atoms with Gasteiger partial charge in [0.2, 0.25) is 5.79 Å². The highest BCUT2D eigenvalue weighted by molar-refractivity contribution is 5.92. The Bertz CT molecular complexity index is 2480. The van der Waals surface area contributed by atoms with E-state index >= 15 is 4.79 Å². The smallest absolute Gasteiger partial charge is 0.201 e. The molecule has 1 aromatic heterocycles. The first kappa shape index (κ1) is 45.7. The van der Waals surface area contributed by atoms with Gasteiger partial charge < -0.3 is 49.6 Å². The number of ketones is 1. The summed E-state index contributed by atoms with van der Waals surface area (Å²) in [7, 11) is 0. The Balaban J connectivity index is 0.771. The monoisotopic (exact) mass is 941 g/mol. The number of carbonyl (C=O) groups is 1. The van der Waals surface area contributed by atoms with Crippen LogP contribution in [0, 0.1) is 74.9 Å². The van der Waals surface area contributed by atoms with Gasteiger partial charge in [0.15, 0.2) is 5.79 Å². The van der Waals surface area contributed by atoms with Crippen molar-refractivity contribution in [2.75, 3.05) is 13.2 Å². The van der Waals surface area contributed by atoms with Crippen molar-refractivity contribution in [1.29, 1.82) is 0 Å². The number of aliphatic hydroxyl groups is 6. The van der Waals surface area contributed by atoms with Crippen LogP contribution in [-0.4, -0.2) is 118 Å². The van der Waals surface area contributed by atoms with E-state index in [0.717, 1.165) is 72.4 Å². The normalized spacial score (nSPS) is 57.7. The third-order valence-corrected chi connectivity index (χ3v) is 23.9. The maximum atomic E-state index is 15.0. The molecule has 13 heteroatoms. The first-order valence-corrected chi connectivity index (χ1v) is 26.5. The van der Waals surface area contributed by atoms with Crippen molar-refractivity contribution in [3.63, 3.8) is 0 Å². The third-order valence-electron chi connectivity index (χ3n) is 23.9. The number of fused-ring (bicyclic) bond motifs is 13. The Morgan fingerprint density at radius 1 is 0.765 bits per heavy atom. The van der Waals surface area contributed by atoms with E-state index in [2.05, 4.69) is 32.9 Å². The van der Waals surface area contributed by atoms with Gasteiger partial charge in [0.1, 0.15) is 29.7 Å². The lowest BCUT2D eigenvalue weighted by molar-refractivity contribution is -0.337. The van der Waals surface area contributed by atoms with E-state index < -0.39 is 80.6 Å². The summed E-state index contributed by atoms with van der Waals surface area (Å²) in [5, 5.41) is 71.9. The molecule has 4 saturated heterocycles. The van der Waals surface area contributed by atoms with Crippen molar-refractivity contribution in [2.45, 2.75) is 198 Å². The van der Waals surface area contributed by atoms with Gasteiger partial charge in [-0.1, -0.05) is 64.8 Å². The van der Waals surface area contributed by atoms with Gasteiger partial charge in [0.05, 0.1) is 64.3 Å². The van der Waals surface area contributed by atoms with Gasteiger partial charge in [-0.2, -0.15) is 0 Å². The number of ether oxygens (including phenoxy) is 4. The Morgan fingerprint density at radius 2 is 1.46 bits per heavy atom. The van der Waals surface area contributed by atoms with Gasteiger partial charge in [0.25, 0.3) is 0 Å². The second kappa shape index (κ2) is 13.5. The first-order valence-electron chi connectivity index (χ1n) is 26.5. The van der Waals surface area contributed by atoms with Crippen LogP contribution in [0.3, 0.4) is 0 Å². The average Bonchev–Trinajstić information content (AvgIpc) is 3.98. The number of allylic oxidation sites excluding steroid dienone is 1. The van der Waals surface area contributed by atoms with Gasteiger partial charge in [-0.05, 0) is 120 Å². The number of carbonyl (C=O) groups excluding carboxylic acids is 1. The fraction of sp³-hybridized carbons (Fsp3) is 0.836. The number of rotatable bonds is 1. The van der Waals surface area contributed by atoms with E-state index in [9.17, 15) is 30.6 Å². The lowest BCUT2D eigenvalue weighted by atomic mass is 9.42. The quantitative estimate of drug-likeness (QED) is 0.209. The molecule has 13 rings (SSSR count). The molecule has 68 heavy (non-hydrogen) atoms. The summed E-state index contributed by atoms with van der Waals surface area (Å²) in [6.45, 7) is 18.2. The predicted octanol–water partition coefficient (Wildman–Crippen LogP) is 4.87. The van der Waals surface area contributed by atoms with Crippen LogP contribution in [0.4, 0.5) is 0 Å². The minimum absolute atomic E-state index is 0.0580. The number of aliphatic hydroxyl groups excluding tert-OH is 4. The number of nitrogens with zero attached hydrogens (tertiary/aromatic N) is 2. The van der Waals surface area contributed by atoms with Crippen LogP contribution in [0.2, 0.25) is 0 Å². The summed E-state index contributed by atoms with van der Waals surface area (Å²) in [5.41, 5.74) is -0.724. The molecular formula is C55H76N2O11. The minimum Gasteiger partial charge on any atom is -0.393 e. The van der Waals surface area contributed by atoms with E-state index in [-0.39, 0.29) is 78.7 Å². The summed E-state index contributed by atoms with van der Waals surface area (Å²) < 4.78 is 26.4.